The summed E-state index contributed by atoms with van der Waals surface area (Å²) < 4.78 is 0. The highest BCUT2D eigenvalue weighted by Crippen LogP contribution is 2.06. The lowest BCUT2D eigenvalue weighted by Crippen LogP contribution is -2.57. The maximum Gasteiger partial charge on any atom is 0.326 e. The number of hydrogen-bond acceptors (Lipinski definition) is 7. The first-order valence-corrected chi connectivity index (χ1v) is 9.93. The Labute approximate surface area is 171 Å². The first kappa shape index (κ1) is 26.1. The minimum atomic E-state index is -1.16. The van der Waals surface area contributed by atoms with E-state index in [0.29, 0.717) is 25.8 Å². The van der Waals surface area contributed by atoms with Crippen molar-refractivity contribution in [1.29, 1.82) is 0 Å². The molecule has 0 heterocycles. The molecule has 0 spiro atoms. The second kappa shape index (κ2) is 14.2. The van der Waals surface area contributed by atoms with Crippen LogP contribution in [0.2, 0.25) is 0 Å². The molecule has 0 aliphatic carbocycles. The van der Waals surface area contributed by atoms with E-state index in [1.165, 1.54) is 0 Å². The van der Waals surface area contributed by atoms with Gasteiger partial charge in [-0.05, 0) is 38.1 Å². The first-order chi connectivity index (χ1) is 13.2. The van der Waals surface area contributed by atoms with Crippen LogP contribution in [0.4, 0.5) is 0 Å². The van der Waals surface area contributed by atoms with E-state index in [2.05, 4.69) is 28.6 Å². The minimum Gasteiger partial charge on any atom is -0.480 e. The maximum absolute atomic E-state index is 12.5. The van der Waals surface area contributed by atoms with Crippen molar-refractivity contribution in [1.82, 2.24) is 16.0 Å². The normalized spacial score (nSPS) is 14.1. The molecule has 3 unspecified atom stereocenters. The lowest BCUT2D eigenvalue weighted by molar-refractivity contribution is -0.142. The molecule has 11 heteroatoms. The van der Waals surface area contributed by atoms with Gasteiger partial charge >= 0.3 is 5.97 Å². The molecule has 0 aromatic rings. The molecule has 0 aliphatic rings. The van der Waals surface area contributed by atoms with Gasteiger partial charge in [0, 0.05) is 5.75 Å². The Morgan fingerprint density at radius 2 is 1.50 bits per heavy atom. The van der Waals surface area contributed by atoms with Crippen molar-refractivity contribution in [2.24, 2.45) is 17.4 Å². The molecule has 0 rings (SSSR count). The van der Waals surface area contributed by atoms with Crippen LogP contribution in [-0.2, 0) is 19.2 Å². The van der Waals surface area contributed by atoms with Crippen LogP contribution in [0.3, 0.4) is 0 Å². The highest BCUT2D eigenvalue weighted by molar-refractivity contribution is 7.80. The number of unbranched alkanes of at least 4 members (excludes halogenated alkanes) is 1. The molecule has 0 saturated carbocycles. The standard InChI is InChI=1S/C17H33N5O5S/c1-10(2)7-12(20-14(23)8-19)15(24)22-13(9-28)16(25)21-11(17(26)27)5-3-4-6-18/h10-13,28H,3-9,18-19H2,1-2H3,(H,20,23)(H,21,25)(H,22,24)(H,26,27). The topological polar surface area (TPSA) is 177 Å². The number of carboxylic acid groups (broad SMARTS) is 1. The lowest BCUT2D eigenvalue weighted by atomic mass is 10.0. The summed E-state index contributed by atoms with van der Waals surface area (Å²) >= 11 is 4.07. The molecule has 162 valence electrons. The zero-order valence-electron chi connectivity index (χ0n) is 16.4. The second-order valence-corrected chi connectivity index (χ2v) is 7.25. The maximum atomic E-state index is 12.5. The molecule has 8 N–H and O–H groups in total. The monoisotopic (exact) mass is 419 g/mol. The van der Waals surface area contributed by atoms with Gasteiger partial charge in [-0.1, -0.05) is 13.8 Å². The molecule has 0 aromatic heterocycles. The van der Waals surface area contributed by atoms with Crippen LogP contribution in [0.1, 0.15) is 39.5 Å². The molecular formula is C17H33N5O5S. The first-order valence-electron chi connectivity index (χ1n) is 9.30. The fraction of sp³-hybridized carbons (Fsp3) is 0.765. The quantitative estimate of drug-likeness (QED) is 0.134. The average molecular weight is 420 g/mol. The Morgan fingerprint density at radius 1 is 0.929 bits per heavy atom. The number of aliphatic carboxylic acids is 1. The molecule has 0 bridgehead atoms. The van der Waals surface area contributed by atoms with Gasteiger partial charge < -0.3 is 32.5 Å². The van der Waals surface area contributed by atoms with Crippen LogP contribution in [-0.4, -0.2) is 65.8 Å². The summed E-state index contributed by atoms with van der Waals surface area (Å²) in [5, 5.41) is 16.7. The number of amides is 3. The van der Waals surface area contributed by atoms with Gasteiger partial charge in [0.25, 0.3) is 0 Å². The van der Waals surface area contributed by atoms with Crippen molar-refractivity contribution in [2.45, 2.75) is 57.7 Å². The number of carboxylic acids is 1. The highest BCUT2D eigenvalue weighted by atomic mass is 32.1. The lowest BCUT2D eigenvalue weighted by Gasteiger charge is -2.24. The number of hydrogen-bond donors (Lipinski definition) is 7. The van der Waals surface area contributed by atoms with E-state index < -0.39 is 41.8 Å². The Morgan fingerprint density at radius 3 is 1.96 bits per heavy atom. The fourth-order valence-corrected chi connectivity index (χ4v) is 2.70. The molecule has 0 aliphatic heterocycles. The summed E-state index contributed by atoms with van der Waals surface area (Å²) in [6.07, 6.45) is 1.78. The zero-order valence-corrected chi connectivity index (χ0v) is 17.3. The van der Waals surface area contributed by atoms with Crippen LogP contribution in [0.25, 0.3) is 0 Å². The number of rotatable bonds is 14. The zero-order chi connectivity index (χ0) is 21.7. The summed E-state index contributed by atoms with van der Waals surface area (Å²) in [6, 6.07) is -2.98. The van der Waals surface area contributed by atoms with Crippen LogP contribution in [0, 0.1) is 5.92 Å². The van der Waals surface area contributed by atoms with Gasteiger partial charge in [-0.3, -0.25) is 14.4 Å². The van der Waals surface area contributed by atoms with Gasteiger partial charge in [0.1, 0.15) is 18.1 Å². The van der Waals surface area contributed by atoms with Gasteiger partial charge in [0.15, 0.2) is 0 Å². The van der Waals surface area contributed by atoms with Crippen molar-refractivity contribution in [2.75, 3.05) is 18.8 Å². The van der Waals surface area contributed by atoms with E-state index in [1.54, 1.807) is 0 Å². The predicted octanol–water partition coefficient (Wildman–Crippen LogP) is -1.41. The van der Waals surface area contributed by atoms with Crippen LogP contribution < -0.4 is 27.4 Å². The fourth-order valence-electron chi connectivity index (χ4n) is 2.45. The van der Waals surface area contributed by atoms with Gasteiger partial charge in [-0.25, -0.2) is 4.79 Å². The van der Waals surface area contributed by atoms with Crippen molar-refractivity contribution in [3.63, 3.8) is 0 Å². The smallest absolute Gasteiger partial charge is 0.326 e. The van der Waals surface area contributed by atoms with Gasteiger partial charge in [-0.2, -0.15) is 12.6 Å². The second-order valence-electron chi connectivity index (χ2n) is 6.88. The molecule has 3 atom stereocenters. The largest absolute Gasteiger partial charge is 0.480 e. The summed E-state index contributed by atoms with van der Waals surface area (Å²) in [5.41, 5.74) is 10.7. The van der Waals surface area contributed by atoms with Crippen molar-refractivity contribution in [3.8, 4) is 0 Å². The van der Waals surface area contributed by atoms with Gasteiger partial charge in [0.2, 0.25) is 17.7 Å². The van der Waals surface area contributed by atoms with Crippen molar-refractivity contribution >= 4 is 36.3 Å². The SMILES string of the molecule is CC(C)CC(NC(=O)CN)C(=O)NC(CS)C(=O)NC(CCCCN)C(=O)O. The molecule has 0 radical (unpaired) electrons. The Hall–Kier alpha value is -1.85. The van der Waals surface area contributed by atoms with Crippen molar-refractivity contribution in [3.05, 3.63) is 0 Å². The van der Waals surface area contributed by atoms with Gasteiger partial charge in [0.05, 0.1) is 6.54 Å². The van der Waals surface area contributed by atoms with E-state index in [0.717, 1.165) is 0 Å². The summed E-state index contributed by atoms with van der Waals surface area (Å²) in [6.45, 7) is 3.94. The molecule has 0 fully saturated rings. The third kappa shape index (κ3) is 10.5. The Balaban J connectivity index is 5.00. The van der Waals surface area contributed by atoms with Crippen LogP contribution >= 0.6 is 12.6 Å². The third-order valence-electron chi connectivity index (χ3n) is 3.92. The van der Waals surface area contributed by atoms with E-state index >= 15 is 0 Å². The summed E-state index contributed by atoms with van der Waals surface area (Å²) in [5.74, 6) is -2.79. The molecule has 28 heavy (non-hydrogen) atoms. The predicted molar refractivity (Wildman–Crippen MR) is 109 cm³/mol. The van der Waals surface area contributed by atoms with E-state index in [9.17, 15) is 24.3 Å². The Kier molecular flexibility index (Phi) is 13.3. The number of thiol groups is 1. The average Bonchev–Trinajstić information content (AvgIpc) is 2.63. The van der Waals surface area contributed by atoms with Crippen LogP contribution in [0.15, 0.2) is 0 Å². The van der Waals surface area contributed by atoms with E-state index in [-0.39, 0.29) is 24.6 Å². The molecular weight excluding hydrogens is 386 g/mol. The van der Waals surface area contributed by atoms with Crippen LogP contribution in [0.5, 0.6) is 0 Å². The Bertz CT molecular complexity index is 532. The number of carbonyl (C=O) groups excluding carboxylic acids is 3. The number of carbonyl (C=O) groups is 4. The molecule has 3 amide bonds. The van der Waals surface area contributed by atoms with Gasteiger partial charge in [-0.15, -0.1) is 0 Å². The molecule has 0 saturated heterocycles. The molecule has 10 nitrogen and oxygen atoms in total. The summed E-state index contributed by atoms with van der Waals surface area (Å²) in [7, 11) is 0. The number of nitrogens with two attached hydrogens (primary N) is 2. The minimum absolute atomic E-state index is 0.0358. The summed E-state index contributed by atoms with van der Waals surface area (Å²) in [4.78, 5) is 47.8. The number of nitrogens with one attached hydrogen (secondary N) is 3. The third-order valence-corrected chi connectivity index (χ3v) is 4.29. The molecule has 0 aromatic carbocycles. The highest BCUT2D eigenvalue weighted by Gasteiger charge is 2.28. The van der Waals surface area contributed by atoms with E-state index in [4.69, 9.17) is 11.5 Å². The van der Waals surface area contributed by atoms with E-state index in [1.807, 2.05) is 13.8 Å². The van der Waals surface area contributed by atoms with Crippen molar-refractivity contribution < 1.29 is 24.3 Å².